The highest BCUT2D eigenvalue weighted by atomic mass is 16.5. The van der Waals surface area contributed by atoms with Crippen LogP contribution in [0.25, 0.3) is 0 Å². The molecular formula is C15H23NO. The van der Waals surface area contributed by atoms with Gasteiger partial charge in [0.1, 0.15) is 0 Å². The van der Waals surface area contributed by atoms with Crippen LogP contribution in [0.5, 0.6) is 0 Å². The van der Waals surface area contributed by atoms with E-state index >= 15 is 0 Å². The Kier molecular flexibility index (Phi) is 4.57. The van der Waals surface area contributed by atoms with Gasteiger partial charge in [0.05, 0.1) is 6.61 Å². The van der Waals surface area contributed by atoms with Crippen LogP contribution in [0.1, 0.15) is 24.8 Å². The van der Waals surface area contributed by atoms with Gasteiger partial charge in [0.2, 0.25) is 0 Å². The van der Waals surface area contributed by atoms with Crippen LogP contribution in [0.2, 0.25) is 0 Å². The van der Waals surface area contributed by atoms with Gasteiger partial charge in [-0.05, 0) is 38.3 Å². The van der Waals surface area contributed by atoms with Crippen LogP contribution in [0.4, 0.5) is 0 Å². The molecule has 1 aliphatic heterocycles. The Morgan fingerprint density at radius 2 is 2.12 bits per heavy atom. The van der Waals surface area contributed by atoms with Crippen LogP contribution in [-0.2, 0) is 11.2 Å². The molecule has 1 heterocycles. The number of rotatable bonds is 6. The molecule has 0 aliphatic carbocycles. The van der Waals surface area contributed by atoms with Gasteiger partial charge < -0.3 is 10.1 Å². The smallest absolute Gasteiger partial charge is 0.0535 e. The minimum absolute atomic E-state index is 0.392. The number of ether oxygens (including phenoxy) is 1. The van der Waals surface area contributed by atoms with E-state index in [0.29, 0.717) is 5.41 Å². The Hall–Kier alpha value is -0.860. The first kappa shape index (κ1) is 12.6. The zero-order valence-corrected chi connectivity index (χ0v) is 10.7. The molecule has 1 aromatic carbocycles. The normalized spacial score (nSPS) is 24.1. The van der Waals surface area contributed by atoms with Gasteiger partial charge >= 0.3 is 0 Å². The quantitative estimate of drug-likeness (QED) is 0.815. The van der Waals surface area contributed by atoms with E-state index in [1.165, 1.54) is 31.2 Å². The maximum atomic E-state index is 5.58. The minimum atomic E-state index is 0.392. The molecule has 1 atom stereocenters. The molecule has 1 unspecified atom stereocenters. The van der Waals surface area contributed by atoms with Crippen molar-refractivity contribution in [1.82, 2.24) is 5.32 Å². The van der Waals surface area contributed by atoms with Gasteiger partial charge in [-0.3, -0.25) is 0 Å². The SMILES string of the molecule is CNCC1(CCCc2ccccc2)CCOC1. The number of hydrogen-bond donors (Lipinski definition) is 1. The highest BCUT2D eigenvalue weighted by Gasteiger charge is 2.33. The number of nitrogens with one attached hydrogen (secondary N) is 1. The van der Waals surface area contributed by atoms with Gasteiger partial charge in [-0.1, -0.05) is 30.3 Å². The standard InChI is InChI=1S/C15H23NO/c1-16-12-15(10-11-17-13-15)9-5-8-14-6-3-2-4-7-14/h2-4,6-7,16H,5,8-13H2,1H3. The second kappa shape index (κ2) is 6.18. The molecule has 0 spiro atoms. The molecule has 1 saturated heterocycles. The molecule has 0 aromatic heterocycles. The van der Waals surface area contributed by atoms with Crippen molar-refractivity contribution in [3.8, 4) is 0 Å². The van der Waals surface area contributed by atoms with Crippen molar-refractivity contribution in [3.63, 3.8) is 0 Å². The number of aryl methyl sites for hydroxylation is 1. The van der Waals surface area contributed by atoms with Crippen molar-refractivity contribution < 1.29 is 4.74 Å². The van der Waals surface area contributed by atoms with Gasteiger partial charge in [0, 0.05) is 18.6 Å². The molecule has 17 heavy (non-hydrogen) atoms. The molecule has 1 aromatic rings. The molecule has 2 nitrogen and oxygen atoms in total. The van der Waals surface area contributed by atoms with Crippen LogP contribution in [-0.4, -0.2) is 26.8 Å². The van der Waals surface area contributed by atoms with Crippen molar-refractivity contribution in [2.75, 3.05) is 26.8 Å². The summed E-state index contributed by atoms with van der Waals surface area (Å²) in [6, 6.07) is 10.8. The highest BCUT2D eigenvalue weighted by Crippen LogP contribution is 2.33. The third-order valence-electron chi connectivity index (χ3n) is 3.75. The Bertz CT molecular complexity index is 317. The molecule has 0 amide bonds. The number of hydrogen-bond acceptors (Lipinski definition) is 2. The molecule has 1 aliphatic rings. The average Bonchev–Trinajstić information content (AvgIpc) is 2.80. The van der Waals surface area contributed by atoms with Crippen LogP contribution in [0.15, 0.2) is 30.3 Å². The summed E-state index contributed by atoms with van der Waals surface area (Å²) in [5.41, 5.74) is 1.84. The van der Waals surface area contributed by atoms with E-state index in [4.69, 9.17) is 4.74 Å². The first-order valence-electron chi connectivity index (χ1n) is 6.61. The van der Waals surface area contributed by atoms with E-state index in [9.17, 15) is 0 Å². The van der Waals surface area contributed by atoms with Gasteiger partial charge in [-0.25, -0.2) is 0 Å². The summed E-state index contributed by atoms with van der Waals surface area (Å²) in [5.74, 6) is 0. The van der Waals surface area contributed by atoms with Crippen LogP contribution in [0, 0.1) is 5.41 Å². The first-order valence-corrected chi connectivity index (χ1v) is 6.61. The van der Waals surface area contributed by atoms with Crippen LogP contribution < -0.4 is 5.32 Å². The lowest BCUT2D eigenvalue weighted by Crippen LogP contribution is -2.33. The third kappa shape index (κ3) is 3.55. The zero-order chi connectivity index (χ0) is 12.0. The maximum Gasteiger partial charge on any atom is 0.0535 e. The van der Waals surface area contributed by atoms with Crippen LogP contribution >= 0.6 is 0 Å². The lowest BCUT2D eigenvalue weighted by Gasteiger charge is -2.27. The number of benzene rings is 1. The largest absolute Gasteiger partial charge is 0.381 e. The summed E-state index contributed by atoms with van der Waals surface area (Å²) in [4.78, 5) is 0. The van der Waals surface area contributed by atoms with E-state index in [1.54, 1.807) is 0 Å². The Morgan fingerprint density at radius 3 is 2.76 bits per heavy atom. The second-order valence-electron chi connectivity index (χ2n) is 5.17. The van der Waals surface area contributed by atoms with E-state index in [1.807, 2.05) is 7.05 Å². The zero-order valence-electron chi connectivity index (χ0n) is 10.7. The fourth-order valence-corrected chi connectivity index (χ4v) is 2.76. The van der Waals surface area contributed by atoms with Crippen molar-refractivity contribution >= 4 is 0 Å². The van der Waals surface area contributed by atoms with Crippen LogP contribution in [0.3, 0.4) is 0 Å². The van der Waals surface area contributed by atoms with Gasteiger partial charge in [0.15, 0.2) is 0 Å². The minimum Gasteiger partial charge on any atom is -0.381 e. The Labute approximate surface area is 104 Å². The summed E-state index contributed by atoms with van der Waals surface area (Å²) >= 11 is 0. The van der Waals surface area contributed by atoms with Crippen molar-refractivity contribution in [3.05, 3.63) is 35.9 Å². The van der Waals surface area contributed by atoms with E-state index in [-0.39, 0.29) is 0 Å². The van der Waals surface area contributed by atoms with Crippen molar-refractivity contribution in [2.24, 2.45) is 5.41 Å². The van der Waals surface area contributed by atoms with E-state index in [2.05, 4.69) is 35.6 Å². The second-order valence-corrected chi connectivity index (χ2v) is 5.17. The molecule has 1 fully saturated rings. The summed E-state index contributed by atoms with van der Waals surface area (Å²) in [6.45, 7) is 2.96. The lowest BCUT2D eigenvalue weighted by molar-refractivity contribution is 0.144. The van der Waals surface area contributed by atoms with E-state index < -0.39 is 0 Å². The molecule has 1 N–H and O–H groups in total. The van der Waals surface area contributed by atoms with Crippen molar-refractivity contribution in [1.29, 1.82) is 0 Å². The van der Waals surface area contributed by atoms with Gasteiger partial charge in [0.25, 0.3) is 0 Å². The molecule has 94 valence electrons. The molecule has 0 bridgehead atoms. The summed E-state index contributed by atoms with van der Waals surface area (Å²) in [7, 11) is 2.04. The highest BCUT2D eigenvalue weighted by molar-refractivity contribution is 5.14. The predicted molar refractivity (Wildman–Crippen MR) is 71.2 cm³/mol. The summed E-state index contributed by atoms with van der Waals surface area (Å²) < 4.78 is 5.58. The fourth-order valence-electron chi connectivity index (χ4n) is 2.76. The summed E-state index contributed by atoms with van der Waals surface area (Å²) in [5, 5.41) is 3.32. The van der Waals surface area contributed by atoms with Gasteiger partial charge in [-0.15, -0.1) is 0 Å². The Morgan fingerprint density at radius 1 is 1.29 bits per heavy atom. The monoisotopic (exact) mass is 233 g/mol. The molecule has 0 radical (unpaired) electrons. The van der Waals surface area contributed by atoms with E-state index in [0.717, 1.165) is 19.8 Å². The van der Waals surface area contributed by atoms with Crippen molar-refractivity contribution in [2.45, 2.75) is 25.7 Å². The van der Waals surface area contributed by atoms with Gasteiger partial charge in [-0.2, -0.15) is 0 Å². The molecule has 2 rings (SSSR count). The molecule has 0 saturated carbocycles. The lowest BCUT2D eigenvalue weighted by atomic mass is 9.81. The average molecular weight is 233 g/mol. The third-order valence-corrected chi connectivity index (χ3v) is 3.75. The Balaban J connectivity index is 1.80. The fraction of sp³-hybridized carbons (Fsp3) is 0.600. The topological polar surface area (TPSA) is 21.3 Å². The molecular weight excluding hydrogens is 210 g/mol. The maximum absolute atomic E-state index is 5.58. The first-order chi connectivity index (χ1) is 8.35. The summed E-state index contributed by atoms with van der Waals surface area (Å²) in [6.07, 6.45) is 4.92. The molecule has 2 heteroatoms. The predicted octanol–water partition coefficient (Wildman–Crippen LogP) is 2.64.